The highest BCUT2D eigenvalue weighted by Crippen LogP contribution is 2.30. The second-order valence-corrected chi connectivity index (χ2v) is 5.54. The zero-order chi connectivity index (χ0) is 14.0. The lowest BCUT2D eigenvalue weighted by molar-refractivity contribution is 0.605. The maximum Gasteiger partial charge on any atom is 0.123 e. The molecule has 1 atom stereocenters. The van der Waals surface area contributed by atoms with Gasteiger partial charge in [-0.3, -0.25) is 5.84 Å². The molecule has 0 amide bonds. The van der Waals surface area contributed by atoms with Crippen LogP contribution in [0.4, 0.5) is 4.39 Å². The molecule has 0 aliphatic heterocycles. The minimum atomic E-state index is -0.361. The van der Waals surface area contributed by atoms with Crippen LogP contribution in [0.2, 0.25) is 5.02 Å². The Morgan fingerprint density at radius 2 is 2.00 bits per heavy atom. The summed E-state index contributed by atoms with van der Waals surface area (Å²) in [5.41, 5.74) is 5.31. The maximum atomic E-state index is 13.4. The minimum Gasteiger partial charge on any atom is -0.271 e. The van der Waals surface area contributed by atoms with Gasteiger partial charge in [-0.15, -0.1) is 0 Å². The second kappa shape index (κ2) is 6.01. The van der Waals surface area contributed by atoms with Gasteiger partial charge < -0.3 is 0 Å². The molecule has 19 heavy (non-hydrogen) atoms. The Morgan fingerprint density at radius 1 is 1.26 bits per heavy atom. The van der Waals surface area contributed by atoms with Crippen molar-refractivity contribution in [2.75, 3.05) is 0 Å². The van der Waals surface area contributed by atoms with E-state index < -0.39 is 0 Å². The molecule has 0 bridgehead atoms. The van der Waals surface area contributed by atoms with E-state index in [1.54, 1.807) is 0 Å². The summed E-state index contributed by atoms with van der Waals surface area (Å²) in [7, 11) is 0. The van der Waals surface area contributed by atoms with E-state index in [2.05, 4.69) is 21.4 Å². The van der Waals surface area contributed by atoms with Crippen molar-refractivity contribution >= 4 is 27.5 Å². The molecule has 0 saturated heterocycles. The summed E-state index contributed by atoms with van der Waals surface area (Å²) in [6.45, 7) is 1.99. The van der Waals surface area contributed by atoms with Crippen molar-refractivity contribution < 1.29 is 4.39 Å². The molecule has 1 unspecified atom stereocenters. The molecule has 100 valence electrons. The molecule has 0 aliphatic carbocycles. The third kappa shape index (κ3) is 3.15. The smallest absolute Gasteiger partial charge is 0.123 e. The first-order valence-electron chi connectivity index (χ1n) is 5.70. The van der Waals surface area contributed by atoms with Crippen molar-refractivity contribution in [1.29, 1.82) is 0 Å². The Hall–Kier alpha value is -0.940. The molecule has 0 aliphatic rings. The Bertz CT molecular complexity index is 604. The number of hydrogen-bond acceptors (Lipinski definition) is 2. The summed E-state index contributed by atoms with van der Waals surface area (Å²) < 4.78 is 14.3. The topological polar surface area (TPSA) is 38.0 Å². The van der Waals surface area contributed by atoms with Crippen molar-refractivity contribution in [3.05, 3.63) is 68.4 Å². The van der Waals surface area contributed by atoms with Gasteiger partial charge in [-0.25, -0.2) is 9.82 Å². The van der Waals surface area contributed by atoms with Gasteiger partial charge in [0.15, 0.2) is 0 Å². The zero-order valence-corrected chi connectivity index (χ0v) is 12.6. The van der Waals surface area contributed by atoms with E-state index in [0.29, 0.717) is 10.6 Å². The first-order chi connectivity index (χ1) is 9.02. The quantitative estimate of drug-likeness (QED) is 0.650. The number of nitrogens with two attached hydrogens (primary N) is 1. The largest absolute Gasteiger partial charge is 0.271 e. The van der Waals surface area contributed by atoms with Gasteiger partial charge in [-0.2, -0.15) is 0 Å². The summed E-state index contributed by atoms with van der Waals surface area (Å²) >= 11 is 9.59. The van der Waals surface area contributed by atoms with E-state index in [4.69, 9.17) is 17.4 Å². The van der Waals surface area contributed by atoms with E-state index >= 15 is 0 Å². The average molecular weight is 344 g/mol. The van der Waals surface area contributed by atoms with E-state index in [9.17, 15) is 4.39 Å². The molecule has 0 spiro atoms. The Labute approximate surface area is 124 Å². The third-order valence-corrected chi connectivity index (χ3v) is 4.16. The summed E-state index contributed by atoms with van der Waals surface area (Å²) in [6.07, 6.45) is 0. The van der Waals surface area contributed by atoms with Crippen LogP contribution in [0, 0.1) is 12.7 Å². The van der Waals surface area contributed by atoms with Crippen molar-refractivity contribution in [1.82, 2.24) is 5.43 Å². The number of benzene rings is 2. The van der Waals surface area contributed by atoms with Gasteiger partial charge in [0, 0.05) is 9.50 Å². The predicted molar refractivity (Wildman–Crippen MR) is 79.5 cm³/mol. The van der Waals surface area contributed by atoms with Crippen LogP contribution >= 0.6 is 27.5 Å². The van der Waals surface area contributed by atoms with Gasteiger partial charge >= 0.3 is 0 Å². The SMILES string of the molecule is Cc1ccc(C(NN)c2cc(F)ccc2Cl)cc1Br. The second-order valence-electron chi connectivity index (χ2n) is 4.27. The van der Waals surface area contributed by atoms with Crippen molar-refractivity contribution in [2.45, 2.75) is 13.0 Å². The molecule has 0 radical (unpaired) electrons. The molecule has 0 fully saturated rings. The highest BCUT2D eigenvalue weighted by atomic mass is 79.9. The molecule has 2 aromatic carbocycles. The van der Waals surface area contributed by atoms with Crippen LogP contribution < -0.4 is 11.3 Å². The summed E-state index contributed by atoms with van der Waals surface area (Å²) in [5, 5.41) is 0.473. The van der Waals surface area contributed by atoms with Gasteiger partial charge in [0.05, 0.1) is 6.04 Å². The fourth-order valence-electron chi connectivity index (χ4n) is 1.89. The lowest BCUT2D eigenvalue weighted by Crippen LogP contribution is -2.29. The van der Waals surface area contributed by atoms with Gasteiger partial charge in [-0.1, -0.05) is 39.7 Å². The van der Waals surface area contributed by atoms with Crippen LogP contribution in [0.25, 0.3) is 0 Å². The van der Waals surface area contributed by atoms with Crippen molar-refractivity contribution in [3.8, 4) is 0 Å². The monoisotopic (exact) mass is 342 g/mol. The van der Waals surface area contributed by atoms with E-state index in [-0.39, 0.29) is 11.9 Å². The average Bonchev–Trinajstić information content (AvgIpc) is 2.38. The van der Waals surface area contributed by atoms with Crippen LogP contribution in [-0.4, -0.2) is 0 Å². The number of rotatable bonds is 3. The maximum absolute atomic E-state index is 13.4. The van der Waals surface area contributed by atoms with Gasteiger partial charge in [0.1, 0.15) is 5.82 Å². The highest BCUT2D eigenvalue weighted by molar-refractivity contribution is 9.10. The number of aryl methyl sites for hydroxylation is 1. The molecule has 3 N–H and O–H groups in total. The standard InChI is InChI=1S/C14H13BrClFN2/c1-8-2-3-9(6-12(8)15)14(19-18)11-7-10(17)4-5-13(11)16/h2-7,14,19H,18H2,1H3. The minimum absolute atomic E-state index is 0.342. The first-order valence-corrected chi connectivity index (χ1v) is 6.87. The van der Waals surface area contributed by atoms with E-state index in [0.717, 1.165) is 15.6 Å². The molecular weight excluding hydrogens is 331 g/mol. The molecule has 2 nitrogen and oxygen atoms in total. The Balaban J connectivity index is 2.49. The zero-order valence-electron chi connectivity index (χ0n) is 10.3. The van der Waals surface area contributed by atoms with Crippen LogP contribution in [0.15, 0.2) is 40.9 Å². The Kier molecular flexibility index (Phi) is 4.58. The van der Waals surface area contributed by atoms with Gasteiger partial charge in [-0.05, 0) is 47.9 Å². The lowest BCUT2D eigenvalue weighted by Gasteiger charge is -2.19. The van der Waals surface area contributed by atoms with Gasteiger partial charge in [0.2, 0.25) is 0 Å². The van der Waals surface area contributed by atoms with Crippen LogP contribution in [0.5, 0.6) is 0 Å². The number of hydrogen-bond donors (Lipinski definition) is 2. The number of hydrazine groups is 1. The molecular formula is C14H13BrClFN2. The predicted octanol–water partition coefficient (Wildman–Crippen LogP) is 4.10. The fourth-order valence-corrected chi connectivity index (χ4v) is 2.51. The molecule has 5 heteroatoms. The molecule has 0 aromatic heterocycles. The van der Waals surface area contributed by atoms with Crippen LogP contribution in [0.1, 0.15) is 22.7 Å². The van der Waals surface area contributed by atoms with Crippen molar-refractivity contribution in [2.24, 2.45) is 5.84 Å². The number of halogens is 3. The summed E-state index contributed by atoms with van der Waals surface area (Å²) in [6, 6.07) is 9.73. The fraction of sp³-hybridized carbons (Fsp3) is 0.143. The van der Waals surface area contributed by atoms with Crippen molar-refractivity contribution in [3.63, 3.8) is 0 Å². The molecule has 2 rings (SSSR count). The molecule has 2 aromatic rings. The molecule has 0 saturated carbocycles. The lowest BCUT2D eigenvalue weighted by atomic mass is 9.98. The van der Waals surface area contributed by atoms with Crippen LogP contribution in [0.3, 0.4) is 0 Å². The summed E-state index contributed by atoms with van der Waals surface area (Å²) in [4.78, 5) is 0. The van der Waals surface area contributed by atoms with Crippen LogP contribution in [-0.2, 0) is 0 Å². The van der Waals surface area contributed by atoms with E-state index in [1.807, 2.05) is 25.1 Å². The van der Waals surface area contributed by atoms with Gasteiger partial charge in [0.25, 0.3) is 0 Å². The highest BCUT2D eigenvalue weighted by Gasteiger charge is 2.17. The Morgan fingerprint density at radius 3 is 2.63 bits per heavy atom. The normalized spacial score (nSPS) is 12.5. The summed E-state index contributed by atoms with van der Waals surface area (Å²) in [5.74, 6) is 5.26. The first kappa shape index (κ1) is 14.5. The third-order valence-electron chi connectivity index (χ3n) is 2.96. The van der Waals surface area contributed by atoms with E-state index in [1.165, 1.54) is 18.2 Å². The number of nitrogens with one attached hydrogen (secondary N) is 1. The molecule has 0 heterocycles.